The molecule has 1 unspecified atom stereocenters. The Balaban J connectivity index is 2.78. The van der Waals surface area contributed by atoms with E-state index in [1.165, 1.54) is 0 Å². The normalized spacial score (nSPS) is 21.1. The highest BCUT2D eigenvalue weighted by Gasteiger charge is 2.65. The first-order valence-corrected chi connectivity index (χ1v) is 20.8. The van der Waals surface area contributed by atoms with E-state index in [-0.39, 0.29) is 0 Å². The van der Waals surface area contributed by atoms with Crippen molar-refractivity contribution in [3.8, 4) is 0 Å². The van der Waals surface area contributed by atoms with Crippen LogP contribution >= 0.6 is 7.60 Å². The molecule has 152 valence electrons. The molecule has 0 aromatic heterocycles. The summed E-state index contributed by atoms with van der Waals surface area (Å²) in [5, 5.41) is 0. The summed E-state index contributed by atoms with van der Waals surface area (Å²) in [5.74, 6) is -0.567. The van der Waals surface area contributed by atoms with Crippen LogP contribution in [-0.4, -0.2) is 30.9 Å². The zero-order valence-corrected chi connectivity index (χ0v) is 21.6. The first-order valence-electron chi connectivity index (χ1n) is 9.03. The van der Waals surface area contributed by atoms with Crippen LogP contribution in [0, 0.1) is 0 Å². The van der Waals surface area contributed by atoms with Crippen molar-refractivity contribution in [2.45, 2.75) is 64.5 Å². The third kappa shape index (κ3) is 5.09. The van der Waals surface area contributed by atoms with Crippen LogP contribution in [0.15, 0.2) is 24.3 Å². The molecule has 0 saturated carbocycles. The lowest BCUT2D eigenvalue weighted by Crippen LogP contribution is -2.45. The molecular weight excluding hydrogens is 415 g/mol. The molecule has 1 heterocycles. The molecule has 0 spiro atoms. The van der Waals surface area contributed by atoms with Gasteiger partial charge in [0.05, 0.1) is 11.1 Å². The van der Waals surface area contributed by atoms with E-state index in [2.05, 4.69) is 0 Å². The van der Waals surface area contributed by atoms with Crippen LogP contribution < -0.4 is 0 Å². The Hall–Kier alpha value is -0.549. The van der Waals surface area contributed by atoms with Gasteiger partial charge in [0.25, 0.3) is 0 Å². The summed E-state index contributed by atoms with van der Waals surface area (Å²) < 4.78 is 38.9. The second kappa shape index (κ2) is 7.05. The van der Waals surface area contributed by atoms with Gasteiger partial charge in [-0.2, -0.15) is 0 Å². The van der Waals surface area contributed by atoms with Crippen molar-refractivity contribution in [3.63, 3.8) is 0 Å². The summed E-state index contributed by atoms with van der Waals surface area (Å²) in [6.07, 6.45) is 0. The van der Waals surface area contributed by atoms with Crippen molar-refractivity contribution >= 4 is 38.5 Å². The van der Waals surface area contributed by atoms with Crippen LogP contribution in [0.5, 0.6) is 0 Å². The Morgan fingerprint density at radius 1 is 0.852 bits per heavy atom. The van der Waals surface area contributed by atoms with Crippen molar-refractivity contribution in [2.24, 2.45) is 0 Å². The smallest absolute Gasteiger partial charge is 0.387 e. The zero-order valence-electron chi connectivity index (χ0n) is 17.7. The minimum Gasteiger partial charge on any atom is -0.414 e. The number of cyclic esters (lactones) is 1. The molecule has 0 aliphatic carbocycles. The van der Waals surface area contributed by atoms with E-state index < -0.39 is 44.0 Å². The molecule has 2 rings (SSSR count). The van der Waals surface area contributed by atoms with Crippen molar-refractivity contribution in [2.75, 3.05) is 0 Å². The Bertz CT molecular complexity index is 758. The Kier molecular flexibility index (Phi) is 5.94. The van der Waals surface area contributed by atoms with Crippen molar-refractivity contribution in [1.29, 1.82) is 0 Å². The Morgan fingerprint density at radius 3 is 1.78 bits per heavy atom. The summed E-state index contributed by atoms with van der Waals surface area (Å²) in [5.41, 5.74) is -1.09. The van der Waals surface area contributed by atoms with Gasteiger partial charge in [0.2, 0.25) is 0 Å². The zero-order chi connectivity index (χ0) is 20.9. The molecule has 1 aliphatic rings. The fraction of sp³-hybridized carbons (Fsp3) is 0.588. The van der Waals surface area contributed by atoms with Gasteiger partial charge in [0, 0.05) is 0 Å². The van der Waals surface area contributed by atoms with Gasteiger partial charge in [0.1, 0.15) is 0 Å². The molecule has 0 N–H and O–H groups in total. The number of hydrogen-bond donors (Lipinski definition) is 0. The number of fused-ring (bicyclic) bond motifs is 1. The first kappa shape index (κ1) is 22.7. The van der Waals surface area contributed by atoms with E-state index in [1.807, 2.05) is 58.9 Å². The van der Waals surface area contributed by atoms with Gasteiger partial charge in [-0.05, 0) is 65.0 Å². The summed E-state index contributed by atoms with van der Waals surface area (Å²) >= 11 is 0. The fourth-order valence-corrected chi connectivity index (χ4v) is 12.9. The maximum Gasteiger partial charge on any atom is 0.387 e. The number of esters is 1. The molecule has 10 heteroatoms. The van der Waals surface area contributed by atoms with E-state index >= 15 is 0 Å². The third-order valence-corrected chi connectivity index (χ3v) is 11.8. The molecule has 1 aromatic rings. The van der Waals surface area contributed by atoms with Crippen molar-refractivity contribution < 1.29 is 26.9 Å². The Labute approximate surface area is 165 Å². The minimum absolute atomic E-state index is 0.342. The van der Waals surface area contributed by atoms with Gasteiger partial charge in [-0.3, -0.25) is 4.57 Å². The molecule has 0 bridgehead atoms. The number of hydrogen-bond acceptors (Lipinski definition) is 6. The van der Waals surface area contributed by atoms with E-state index in [4.69, 9.17) is 17.6 Å². The molecule has 0 radical (unpaired) electrons. The monoisotopic (exact) mass is 446 g/mol. The largest absolute Gasteiger partial charge is 0.414 e. The molecule has 1 atom stereocenters. The average Bonchev–Trinajstić information content (AvgIpc) is 2.67. The van der Waals surface area contributed by atoms with Gasteiger partial charge in [-0.25, -0.2) is 4.79 Å². The highest BCUT2D eigenvalue weighted by Crippen LogP contribution is 2.71. The van der Waals surface area contributed by atoms with E-state index in [0.29, 0.717) is 11.1 Å². The quantitative estimate of drug-likeness (QED) is 0.303. The SMILES string of the molecule is C[Si](C)(C)OC1(P(=O)(O[Si](C)(C)C)O[Si](C)(C)C)OC(=O)c2ccccc21. The van der Waals surface area contributed by atoms with Gasteiger partial charge >= 0.3 is 19.1 Å². The highest BCUT2D eigenvalue weighted by molar-refractivity contribution is 7.58. The second-order valence-electron chi connectivity index (χ2n) is 9.64. The first-order chi connectivity index (χ1) is 12.0. The number of carbonyl (C=O) groups is 1. The topological polar surface area (TPSA) is 71.1 Å². The van der Waals surface area contributed by atoms with Gasteiger partial charge in [-0.1, -0.05) is 18.2 Å². The van der Waals surface area contributed by atoms with Gasteiger partial charge in [-0.15, -0.1) is 0 Å². The minimum atomic E-state index is -4.01. The molecular formula is C17H31O6PSi3. The summed E-state index contributed by atoms with van der Waals surface area (Å²) in [6, 6.07) is 6.89. The number of carbonyl (C=O) groups excluding carboxylic acids is 1. The van der Waals surface area contributed by atoms with E-state index in [1.54, 1.807) is 24.3 Å². The molecule has 0 fully saturated rings. The van der Waals surface area contributed by atoms with Crippen LogP contribution in [0.3, 0.4) is 0 Å². The Morgan fingerprint density at radius 2 is 1.33 bits per heavy atom. The van der Waals surface area contributed by atoms with E-state index in [0.717, 1.165) is 0 Å². The number of rotatable bonds is 7. The summed E-state index contributed by atoms with van der Waals surface area (Å²) in [7, 11) is -11.0. The standard InChI is InChI=1S/C17H31O6PSi3/c1-25(2,3)21-17(15-13-11-10-12-14(15)16(18)20-17)24(19,22-26(4,5)6)23-27(7,8)9/h10-13H,1-9H3. The predicted molar refractivity (Wildman–Crippen MR) is 114 cm³/mol. The molecule has 0 saturated heterocycles. The summed E-state index contributed by atoms with van der Waals surface area (Å²) in [6.45, 7) is 17.4. The van der Waals surface area contributed by atoms with Crippen LogP contribution in [0.2, 0.25) is 58.9 Å². The number of benzene rings is 1. The lowest BCUT2D eigenvalue weighted by molar-refractivity contribution is -0.0946. The maximum absolute atomic E-state index is 14.4. The molecule has 1 aliphatic heterocycles. The molecule has 1 aromatic carbocycles. The van der Waals surface area contributed by atoms with Crippen molar-refractivity contribution in [1.82, 2.24) is 0 Å². The summed E-state index contributed by atoms with van der Waals surface area (Å²) in [4.78, 5) is 12.6. The lowest BCUT2D eigenvalue weighted by atomic mass is 10.1. The average molecular weight is 447 g/mol. The molecule has 27 heavy (non-hydrogen) atoms. The lowest BCUT2D eigenvalue weighted by Gasteiger charge is -2.43. The second-order valence-corrected chi connectivity index (χ2v) is 25.6. The van der Waals surface area contributed by atoms with Crippen LogP contribution in [0.25, 0.3) is 0 Å². The highest BCUT2D eigenvalue weighted by atomic mass is 31.2. The van der Waals surface area contributed by atoms with Crippen LogP contribution in [-0.2, 0) is 27.7 Å². The maximum atomic E-state index is 14.4. The third-order valence-electron chi connectivity index (χ3n) is 3.31. The van der Waals surface area contributed by atoms with Gasteiger partial charge in [0.15, 0.2) is 25.0 Å². The predicted octanol–water partition coefficient (Wildman–Crippen LogP) is 5.71. The number of ether oxygens (including phenoxy) is 1. The van der Waals surface area contributed by atoms with Crippen LogP contribution in [0.1, 0.15) is 15.9 Å². The fourth-order valence-electron chi connectivity index (χ4n) is 2.78. The van der Waals surface area contributed by atoms with Crippen molar-refractivity contribution in [3.05, 3.63) is 35.4 Å². The molecule has 0 amide bonds. The van der Waals surface area contributed by atoms with Crippen LogP contribution in [0.4, 0.5) is 0 Å². The van der Waals surface area contributed by atoms with Gasteiger partial charge < -0.3 is 17.6 Å². The molecule has 6 nitrogen and oxygen atoms in total. The van der Waals surface area contributed by atoms with E-state index in [9.17, 15) is 9.36 Å².